The maximum absolute atomic E-state index is 5.11. The summed E-state index contributed by atoms with van der Waals surface area (Å²) in [7, 11) is 4.22. The summed E-state index contributed by atoms with van der Waals surface area (Å²) in [4.78, 5) is 1.39. The van der Waals surface area contributed by atoms with Crippen LogP contribution in [-0.2, 0) is 0 Å². The highest BCUT2D eigenvalue weighted by Gasteiger charge is 1.96. The number of thiocarbonyl (C=S) groups is 1. The largest absolute Gasteiger partial charge is 0.356 e. The lowest BCUT2D eigenvalue weighted by Gasteiger charge is -2.13. The highest BCUT2D eigenvalue weighted by Crippen LogP contribution is 2.01. The zero-order chi connectivity index (χ0) is 11.8. The predicted molar refractivity (Wildman–Crippen MR) is 71.5 cm³/mol. The van der Waals surface area contributed by atoms with Crippen molar-refractivity contribution in [2.24, 2.45) is 0 Å². The molecule has 1 rings (SSSR count). The van der Waals surface area contributed by atoms with E-state index >= 15 is 0 Å². The van der Waals surface area contributed by atoms with Crippen molar-refractivity contribution in [1.29, 1.82) is 0 Å². The van der Waals surface area contributed by atoms with Gasteiger partial charge in [0.05, 0.1) is 32.9 Å². The van der Waals surface area contributed by atoms with Crippen LogP contribution in [0.3, 0.4) is 0 Å². The Labute approximate surface area is 102 Å². The number of benzene rings is 1. The van der Waals surface area contributed by atoms with Crippen molar-refractivity contribution < 1.29 is 4.90 Å². The lowest BCUT2D eigenvalue weighted by Crippen LogP contribution is -3.06. The Kier molecular flexibility index (Phi) is 5.60. The van der Waals surface area contributed by atoms with Gasteiger partial charge in [-0.05, 0) is 24.4 Å². The van der Waals surface area contributed by atoms with Crippen LogP contribution >= 0.6 is 12.2 Å². The number of likely N-dealkylation sites (N-methyl/N-ethyl adjacent to an activating group) is 1. The number of anilines is 1. The molecule has 0 bridgehead atoms. The zero-order valence-electron chi connectivity index (χ0n) is 9.71. The van der Waals surface area contributed by atoms with Gasteiger partial charge in [0.25, 0.3) is 0 Å². The average molecular weight is 239 g/mol. The number of para-hydroxylation sites is 1. The van der Waals surface area contributed by atoms with E-state index < -0.39 is 0 Å². The molecule has 0 saturated carbocycles. The SMILES string of the molecule is C[NH+](C)CCNC(=S)NNc1ccccc1. The lowest BCUT2D eigenvalue weighted by atomic mass is 10.3. The van der Waals surface area contributed by atoms with Crippen molar-refractivity contribution in [1.82, 2.24) is 10.7 Å². The Hall–Kier alpha value is -1.33. The Morgan fingerprint density at radius 1 is 1.25 bits per heavy atom. The summed E-state index contributed by atoms with van der Waals surface area (Å²) in [6.07, 6.45) is 0. The number of quaternary nitrogens is 1. The topological polar surface area (TPSA) is 40.5 Å². The average Bonchev–Trinajstić information content (AvgIpc) is 2.27. The van der Waals surface area contributed by atoms with Crippen molar-refractivity contribution in [2.45, 2.75) is 0 Å². The molecule has 5 heteroatoms. The van der Waals surface area contributed by atoms with Crippen molar-refractivity contribution in [3.05, 3.63) is 30.3 Å². The van der Waals surface area contributed by atoms with E-state index in [2.05, 4.69) is 30.3 Å². The van der Waals surface area contributed by atoms with Crippen LogP contribution in [0.5, 0.6) is 0 Å². The second-order valence-electron chi connectivity index (χ2n) is 3.83. The molecule has 0 heterocycles. The molecular formula is C11H19N4S+. The third-order valence-electron chi connectivity index (χ3n) is 2.00. The number of hydrazine groups is 1. The first-order valence-electron chi connectivity index (χ1n) is 5.32. The predicted octanol–water partition coefficient (Wildman–Crippen LogP) is -0.378. The summed E-state index contributed by atoms with van der Waals surface area (Å²) in [5.74, 6) is 0. The summed E-state index contributed by atoms with van der Waals surface area (Å²) >= 11 is 5.11. The molecule has 0 saturated heterocycles. The zero-order valence-corrected chi connectivity index (χ0v) is 10.5. The first-order valence-corrected chi connectivity index (χ1v) is 5.73. The lowest BCUT2D eigenvalue weighted by molar-refractivity contribution is -0.856. The molecule has 0 fully saturated rings. The fraction of sp³-hybridized carbons (Fsp3) is 0.364. The van der Waals surface area contributed by atoms with Crippen LogP contribution in [0.25, 0.3) is 0 Å². The van der Waals surface area contributed by atoms with E-state index in [0.29, 0.717) is 5.11 Å². The molecule has 0 radical (unpaired) electrons. The minimum Gasteiger partial charge on any atom is -0.356 e. The van der Waals surface area contributed by atoms with Crippen LogP contribution < -0.4 is 21.1 Å². The molecule has 1 aromatic rings. The molecule has 88 valence electrons. The molecule has 0 spiro atoms. The standard InChI is InChI=1S/C11H18N4S/c1-15(2)9-8-12-11(16)14-13-10-6-4-3-5-7-10/h3-7,13H,8-9H2,1-2H3,(H2,12,14,16)/p+1. The molecule has 0 aliphatic heterocycles. The second-order valence-corrected chi connectivity index (χ2v) is 4.24. The minimum atomic E-state index is 0.616. The van der Waals surface area contributed by atoms with E-state index in [4.69, 9.17) is 12.2 Å². The number of rotatable bonds is 5. The minimum absolute atomic E-state index is 0.616. The van der Waals surface area contributed by atoms with E-state index in [-0.39, 0.29) is 0 Å². The molecule has 0 aliphatic carbocycles. The molecule has 0 aromatic heterocycles. The third kappa shape index (κ3) is 5.53. The van der Waals surface area contributed by atoms with Crippen LogP contribution in [0, 0.1) is 0 Å². The first kappa shape index (κ1) is 12.7. The van der Waals surface area contributed by atoms with Crippen molar-refractivity contribution in [3.63, 3.8) is 0 Å². The van der Waals surface area contributed by atoms with Crippen LogP contribution in [0.1, 0.15) is 0 Å². The van der Waals surface area contributed by atoms with Gasteiger partial charge in [0.15, 0.2) is 5.11 Å². The van der Waals surface area contributed by atoms with Crippen molar-refractivity contribution in [2.75, 3.05) is 32.6 Å². The highest BCUT2D eigenvalue weighted by molar-refractivity contribution is 7.80. The Morgan fingerprint density at radius 3 is 2.56 bits per heavy atom. The highest BCUT2D eigenvalue weighted by atomic mass is 32.1. The number of hydrogen-bond donors (Lipinski definition) is 4. The van der Waals surface area contributed by atoms with E-state index in [9.17, 15) is 0 Å². The normalized spacial score (nSPS) is 9.94. The van der Waals surface area contributed by atoms with E-state index in [0.717, 1.165) is 18.8 Å². The summed E-state index contributed by atoms with van der Waals surface area (Å²) in [6.45, 7) is 1.90. The first-order chi connectivity index (χ1) is 7.68. The Morgan fingerprint density at radius 2 is 1.94 bits per heavy atom. The van der Waals surface area contributed by atoms with Gasteiger partial charge in [-0.1, -0.05) is 18.2 Å². The van der Waals surface area contributed by atoms with E-state index in [1.165, 1.54) is 4.90 Å². The second kappa shape index (κ2) is 7.03. The van der Waals surface area contributed by atoms with Crippen LogP contribution in [0.4, 0.5) is 5.69 Å². The quantitative estimate of drug-likeness (QED) is 0.418. The number of hydrogen-bond acceptors (Lipinski definition) is 2. The van der Waals surface area contributed by atoms with Crippen molar-refractivity contribution >= 4 is 23.0 Å². The summed E-state index contributed by atoms with van der Waals surface area (Å²) in [5, 5.41) is 3.74. The summed E-state index contributed by atoms with van der Waals surface area (Å²) in [6, 6.07) is 9.85. The molecule has 1 aromatic carbocycles. The maximum atomic E-state index is 5.11. The Bertz CT molecular complexity index is 313. The van der Waals surface area contributed by atoms with E-state index in [1.54, 1.807) is 0 Å². The molecule has 4 nitrogen and oxygen atoms in total. The van der Waals surface area contributed by atoms with Gasteiger partial charge >= 0.3 is 0 Å². The van der Waals surface area contributed by atoms with E-state index in [1.807, 2.05) is 30.3 Å². The van der Waals surface area contributed by atoms with Crippen LogP contribution in [0.2, 0.25) is 0 Å². The Balaban J connectivity index is 2.16. The molecule has 4 N–H and O–H groups in total. The van der Waals surface area contributed by atoms with Crippen LogP contribution in [-0.4, -0.2) is 32.3 Å². The molecular weight excluding hydrogens is 220 g/mol. The van der Waals surface area contributed by atoms with Gasteiger partial charge in [-0.3, -0.25) is 10.9 Å². The molecule has 0 atom stereocenters. The molecule has 0 amide bonds. The van der Waals surface area contributed by atoms with Gasteiger partial charge < -0.3 is 10.2 Å². The summed E-state index contributed by atoms with van der Waals surface area (Å²) < 4.78 is 0. The molecule has 0 unspecified atom stereocenters. The van der Waals surface area contributed by atoms with Crippen LogP contribution in [0.15, 0.2) is 30.3 Å². The van der Waals surface area contributed by atoms with Gasteiger partial charge in [0, 0.05) is 0 Å². The molecule has 0 aliphatic rings. The number of nitrogens with one attached hydrogen (secondary N) is 4. The maximum Gasteiger partial charge on any atom is 0.185 e. The van der Waals surface area contributed by atoms with Gasteiger partial charge in [-0.2, -0.15) is 0 Å². The van der Waals surface area contributed by atoms with Crippen molar-refractivity contribution in [3.8, 4) is 0 Å². The molecule has 16 heavy (non-hydrogen) atoms. The van der Waals surface area contributed by atoms with Gasteiger partial charge in [-0.15, -0.1) is 0 Å². The fourth-order valence-electron chi connectivity index (χ4n) is 1.12. The van der Waals surface area contributed by atoms with Gasteiger partial charge in [0.1, 0.15) is 0 Å². The smallest absolute Gasteiger partial charge is 0.185 e. The van der Waals surface area contributed by atoms with Gasteiger partial charge in [0.2, 0.25) is 0 Å². The summed E-state index contributed by atoms with van der Waals surface area (Å²) in [5.41, 5.74) is 6.95. The monoisotopic (exact) mass is 239 g/mol. The fourth-order valence-corrected chi connectivity index (χ4v) is 1.27. The van der Waals surface area contributed by atoms with Gasteiger partial charge in [-0.25, -0.2) is 0 Å². The third-order valence-corrected chi connectivity index (χ3v) is 2.25.